The Labute approximate surface area is 208 Å². The van der Waals surface area contributed by atoms with Gasteiger partial charge in [-0.05, 0) is 56.6 Å². The van der Waals surface area contributed by atoms with Gasteiger partial charge >= 0.3 is 0 Å². The summed E-state index contributed by atoms with van der Waals surface area (Å²) in [6.07, 6.45) is 3.73. The highest BCUT2D eigenvalue weighted by molar-refractivity contribution is 8.00. The standard InChI is InChI=1S/C24H27Cl2N5OS/c1-17(23(32)27-21-13-19(25)12-20(26)14-21)33-24-29-28-22(16-30-10-6-3-7-11-30)31(24)15-18-8-4-2-5-9-18/h2,4-5,8-9,12-14,17H,3,6-7,10-11,15-16H2,1H3,(H,27,32). The van der Waals surface area contributed by atoms with Crippen LogP contribution in [-0.4, -0.2) is 43.9 Å². The number of carbonyl (C=O) groups excluding carboxylic acids is 1. The molecule has 0 radical (unpaired) electrons. The first-order valence-electron chi connectivity index (χ1n) is 11.1. The summed E-state index contributed by atoms with van der Waals surface area (Å²) in [4.78, 5) is 15.3. The minimum atomic E-state index is -0.385. The maximum Gasteiger partial charge on any atom is 0.237 e. The molecule has 174 valence electrons. The minimum absolute atomic E-state index is 0.148. The van der Waals surface area contributed by atoms with Gasteiger partial charge in [0, 0.05) is 15.7 Å². The molecule has 0 spiro atoms. The van der Waals surface area contributed by atoms with Crippen molar-refractivity contribution < 1.29 is 4.79 Å². The minimum Gasteiger partial charge on any atom is -0.325 e. The highest BCUT2D eigenvalue weighted by Crippen LogP contribution is 2.27. The van der Waals surface area contributed by atoms with Crippen molar-refractivity contribution >= 4 is 46.6 Å². The van der Waals surface area contributed by atoms with Crippen LogP contribution in [0.5, 0.6) is 0 Å². The van der Waals surface area contributed by atoms with Gasteiger partial charge in [-0.15, -0.1) is 10.2 Å². The predicted molar refractivity (Wildman–Crippen MR) is 135 cm³/mol. The molecule has 1 aliphatic heterocycles. The maximum absolute atomic E-state index is 12.8. The number of nitrogens with one attached hydrogen (secondary N) is 1. The topological polar surface area (TPSA) is 63.1 Å². The van der Waals surface area contributed by atoms with Gasteiger partial charge < -0.3 is 9.88 Å². The van der Waals surface area contributed by atoms with Crippen molar-refractivity contribution in [2.75, 3.05) is 18.4 Å². The van der Waals surface area contributed by atoms with Gasteiger partial charge in [0.2, 0.25) is 5.91 Å². The largest absolute Gasteiger partial charge is 0.325 e. The predicted octanol–water partition coefficient (Wildman–Crippen LogP) is 5.74. The number of halogens is 2. The monoisotopic (exact) mass is 503 g/mol. The summed E-state index contributed by atoms with van der Waals surface area (Å²) >= 11 is 13.5. The van der Waals surface area contributed by atoms with Gasteiger partial charge in [0.1, 0.15) is 5.82 Å². The van der Waals surface area contributed by atoms with Crippen molar-refractivity contribution in [1.29, 1.82) is 0 Å². The molecule has 2 aromatic carbocycles. The van der Waals surface area contributed by atoms with E-state index in [0.29, 0.717) is 22.3 Å². The molecule has 1 aliphatic rings. The van der Waals surface area contributed by atoms with Crippen LogP contribution >= 0.6 is 35.0 Å². The van der Waals surface area contributed by atoms with Crippen LogP contribution < -0.4 is 5.32 Å². The molecule has 1 unspecified atom stereocenters. The molecule has 0 saturated carbocycles. The summed E-state index contributed by atoms with van der Waals surface area (Å²) in [5, 5.41) is 13.2. The van der Waals surface area contributed by atoms with Gasteiger partial charge in [-0.3, -0.25) is 9.69 Å². The lowest BCUT2D eigenvalue weighted by molar-refractivity contribution is -0.115. The molecule has 1 saturated heterocycles. The Balaban J connectivity index is 1.50. The highest BCUT2D eigenvalue weighted by atomic mass is 35.5. The third kappa shape index (κ3) is 6.73. The molecule has 1 aromatic heterocycles. The van der Waals surface area contributed by atoms with Crippen LogP contribution in [0.3, 0.4) is 0 Å². The second-order valence-corrected chi connectivity index (χ2v) is 10.4. The van der Waals surface area contributed by atoms with Gasteiger partial charge in [0.25, 0.3) is 0 Å². The molecule has 1 atom stereocenters. The molecule has 0 aliphatic carbocycles. The van der Waals surface area contributed by atoms with Crippen molar-refractivity contribution in [3.63, 3.8) is 0 Å². The number of likely N-dealkylation sites (tertiary alicyclic amines) is 1. The zero-order valence-electron chi connectivity index (χ0n) is 18.5. The highest BCUT2D eigenvalue weighted by Gasteiger charge is 2.22. The molecule has 9 heteroatoms. The third-order valence-corrected chi connectivity index (χ3v) is 7.09. The number of benzene rings is 2. The van der Waals surface area contributed by atoms with Crippen LogP contribution in [0.15, 0.2) is 53.7 Å². The maximum atomic E-state index is 12.8. The van der Waals surface area contributed by atoms with Crippen LogP contribution in [-0.2, 0) is 17.9 Å². The fraction of sp³-hybridized carbons (Fsp3) is 0.375. The number of hydrogen-bond acceptors (Lipinski definition) is 5. The molecule has 2 heterocycles. The number of thioether (sulfide) groups is 1. The summed E-state index contributed by atoms with van der Waals surface area (Å²) in [7, 11) is 0. The summed E-state index contributed by atoms with van der Waals surface area (Å²) in [6.45, 7) is 5.46. The molecule has 3 aromatic rings. The third-order valence-electron chi connectivity index (χ3n) is 5.57. The molecule has 1 fully saturated rings. The van der Waals surface area contributed by atoms with E-state index in [-0.39, 0.29) is 11.2 Å². The number of nitrogens with zero attached hydrogens (tertiary/aromatic N) is 4. The Morgan fingerprint density at radius 3 is 2.42 bits per heavy atom. The molecule has 1 N–H and O–H groups in total. The van der Waals surface area contributed by atoms with E-state index < -0.39 is 0 Å². The molecule has 1 amide bonds. The summed E-state index contributed by atoms with van der Waals surface area (Å²) in [5.74, 6) is 0.780. The Kier molecular flexibility index (Phi) is 8.30. The number of piperidine rings is 1. The summed E-state index contributed by atoms with van der Waals surface area (Å²) in [6, 6.07) is 15.2. The van der Waals surface area contributed by atoms with E-state index in [9.17, 15) is 4.79 Å². The van der Waals surface area contributed by atoms with E-state index in [1.54, 1.807) is 18.2 Å². The van der Waals surface area contributed by atoms with Crippen molar-refractivity contribution in [3.05, 3.63) is 70.0 Å². The number of aromatic nitrogens is 3. The lowest BCUT2D eigenvalue weighted by atomic mass is 10.1. The van der Waals surface area contributed by atoms with Crippen molar-refractivity contribution in [2.45, 2.75) is 49.7 Å². The molecule has 4 rings (SSSR count). The molecule has 0 bridgehead atoms. The number of anilines is 1. The first-order valence-corrected chi connectivity index (χ1v) is 12.7. The quantitative estimate of drug-likeness (QED) is 0.397. The van der Waals surface area contributed by atoms with Crippen LogP contribution in [0.4, 0.5) is 5.69 Å². The van der Waals surface area contributed by atoms with Gasteiger partial charge in [-0.2, -0.15) is 0 Å². The van der Waals surface area contributed by atoms with Crippen LogP contribution in [0.1, 0.15) is 37.6 Å². The SMILES string of the molecule is CC(Sc1nnc(CN2CCCCC2)n1Cc1ccccc1)C(=O)Nc1cc(Cl)cc(Cl)c1. The van der Waals surface area contributed by atoms with Gasteiger partial charge in [-0.1, -0.05) is 71.7 Å². The smallest absolute Gasteiger partial charge is 0.237 e. The number of amides is 1. The van der Waals surface area contributed by atoms with E-state index in [4.69, 9.17) is 23.2 Å². The number of rotatable bonds is 8. The molecule has 33 heavy (non-hydrogen) atoms. The van der Waals surface area contributed by atoms with E-state index in [2.05, 4.69) is 37.1 Å². The van der Waals surface area contributed by atoms with Crippen molar-refractivity contribution in [1.82, 2.24) is 19.7 Å². The molecule has 6 nitrogen and oxygen atoms in total. The lowest BCUT2D eigenvalue weighted by Crippen LogP contribution is -2.30. The van der Waals surface area contributed by atoms with Crippen LogP contribution in [0, 0.1) is 0 Å². The summed E-state index contributed by atoms with van der Waals surface area (Å²) < 4.78 is 2.13. The van der Waals surface area contributed by atoms with Crippen molar-refractivity contribution in [3.8, 4) is 0 Å². The van der Waals surface area contributed by atoms with Crippen molar-refractivity contribution in [2.24, 2.45) is 0 Å². The van der Waals surface area contributed by atoms with E-state index in [0.717, 1.165) is 30.6 Å². The van der Waals surface area contributed by atoms with E-state index >= 15 is 0 Å². The molecular weight excluding hydrogens is 477 g/mol. The fourth-order valence-electron chi connectivity index (χ4n) is 3.85. The average Bonchev–Trinajstić information content (AvgIpc) is 3.15. The Bertz CT molecular complexity index is 1070. The first kappa shape index (κ1) is 24.1. The summed E-state index contributed by atoms with van der Waals surface area (Å²) in [5.41, 5.74) is 1.74. The Morgan fingerprint density at radius 2 is 1.73 bits per heavy atom. The lowest BCUT2D eigenvalue weighted by Gasteiger charge is -2.26. The van der Waals surface area contributed by atoms with Gasteiger partial charge in [0.05, 0.1) is 18.3 Å². The van der Waals surface area contributed by atoms with Gasteiger partial charge in [-0.25, -0.2) is 0 Å². The Hall–Kier alpha value is -2.06. The number of carbonyl (C=O) groups is 1. The zero-order chi connectivity index (χ0) is 23.2. The van der Waals surface area contributed by atoms with Crippen LogP contribution in [0.25, 0.3) is 0 Å². The average molecular weight is 504 g/mol. The second-order valence-electron chi connectivity index (χ2n) is 8.21. The first-order chi connectivity index (χ1) is 16.0. The zero-order valence-corrected chi connectivity index (χ0v) is 20.8. The van der Waals surface area contributed by atoms with Crippen LogP contribution in [0.2, 0.25) is 10.0 Å². The van der Waals surface area contributed by atoms with E-state index in [1.807, 2.05) is 25.1 Å². The second kappa shape index (κ2) is 11.4. The number of hydrogen-bond donors (Lipinski definition) is 1. The Morgan fingerprint density at radius 1 is 1.03 bits per heavy atom. The normalized spacial score (nSPS) is 15.4. The van der Waals surface area contributed by atoms with Gasteiger partial charge in [0.15, 0.2) is 5.16 Å². The van der Waals surface area contributed by atoms with E-state index in [1.165, 1.54) is 36.6 Å². The molecular formula is C24H27Cl2N5OS. The fourth-order valence-corrected chi connectivity index (χ4v) is 5.24.